The van der Waals surface area contributed by atoms with Gasteiger partial charge in [-0.25, -0.2) is 4.79 Å². The molecular formula is C20H28O5. The van der Waals surface area contributed by atoms with E-state index in [4.69, 9.17) is 14.2 Å². The Labute approximate surface area is 149 Å². The lowest BCUT2D eigenvalue weighted by atomic mass is 9.82. The van der Waals surface area contributed by atoms with Gasteiger partial charge in [0, 0.05) is 12.0 Å². The number of carbonyl (C=O) groups is 2. The van der Waals surface area contributed by atoms with Gasteiger partial charge < -0.3 is 14.2 Å². The molecule has 3 aliphatic rings. The quantitative estimate of drug-likeness (QED) is 0.339. The van der Waals surface area contributed by atoms with Gasteiger partial charge in [0.05, 0.1) is 17.4 Å². The average molecular weight is 348 g/mol. The molecule has 6 unspecified atom stereocenters. The van der Waals surface area contributed by atoms with Crippen molar-refractivity contribution in [1.29, 1.82) is 0 Å². The Morgan fingerprint density at radius 2 is 2.24 bits per heavy atom. The predicted octanol–water partition coefficient (Wildman–Crippen LogP) is 3.33. The number of fused-ring (bicyclic) bond motifs is 3. The lowest BCUT2D eigenvalue weighted by Crippen LogP contribution is -2.39. The lowest BCUT2D eigenvalue weighted by molar-refractivity contribution is -0.157. The van der Waals surface area contributed by atoms with Crippen LogP contribution in [0.5, 0.6) is 0 Å². The van der Waals surface area contributed by atoms with Crippen LogP contribution < -0.4 is 0 Å². The first kappa shape index (κ1) is 18.2. The summed E-state index contributed by atoms with van der Waals surface area (Å²) in [7, 11) is 0. The summed E-state index contributed by atoms with van der Waals surface area (Å²) in [5, 5.41) is 0. The second-order valence-corrected chi connectivity index (χ2v) is 7.85. The summed E-state index contributed by atoms with van der Waals surface area (Å²) in [6.45, 7) is 11.8. The predicted molar refractivity (Wildman–Crippen MR) is 92.7 cm³/mol. The molecule has 0 aromatic carbocycles. The minimum absolute atomic E-state index is 0.155. The number of epoxide rings is 1. The average Bonchev–Trinajstić information content (AvgIpc) is 3.13. The molecule has 6 atom stereocenters. The van der Waals surface area contributed by atoms with E-state index in [-0.39, 0.29) is 29.5 Å². The highest BCUT2D eigenvalue weighted by molar-refractivity contribution is 5.91. The van der Waals surface area contributed by atoms with Crippen LogP contribution in [0.25, 0.3) is 0 Å². The number of ether oxygens (including phenoxy) is 3. The van der Waals surface area contributed by atoms with E-state index in [1.54, 1.807) is 0 Å². The van der Waals surface area contributed by atoms with E-state index in [0.29, 0.717) is 18.4 Å². The van der Waals surface area contributed by atoms with Gasteiger partial charge in [-0.2, -0.15) is 0 Å². The van der Waals surface area contributed by atoms with E-state index in [0.717, 1.165) is 18.4 Å². The van der Waals surface area contributed by atoms with Crippen molar-refractivity contribution < 1.29 is 23.8 Å². The number of carbonyl (C=O) groups excluding carboxylic acids is 2. The Morgan fingerprint density at radius 1 is 1.52 bits per heavy atom. The Balaban J connectivity index is 1.91. The van der Waals surface area contributed by atoms with Crippen LogP contribution in [0.15, 0.2) is 23.8 Å². The van der Waals surface area contributed by atoms with Gasteiger partial charge >= 0.3 is 11.9 Å². The Kier molecular flexibility index (Phi) is 4.80. The van der Waals surface area contributed by atoms with Crippen LogP contribution in [-0.4, -0.2) is 35.9 Å². The molecule has 2 fully saturated rings. The molecule has 25 heavy (non-hydrogen) atoms. The molecule has 5 nitrogen and oxygen atoms in total. The molecule has 3 rings (SSSR count). The lowest BCUT2D eigenvalue weighted by Gasteiger charge is -2.29. The molecule has 0 aromatic heterocycles. The van der Waals surface area contributed by atoms with Crippen molar-refractivity contribution in [2.24, 2.45) is 11.8 Å². The Hall–Kier alpha value is -1.62. The van der Waals surface area contributed by atoms with Crippen LogP contribution in [0.2, 0.25) is 0 Å². The van der Waals surface area contributed by atoms with Crippen molar-refractivity contribution in [2.75, 3.05) is 0 Å². The maximum absolute atomic E-state index is 12.4. The molecule has 0 bridgehead atoms. The van der Waals surface area contributed by atoms with Gasteiger partial charge in [-0.05, 0) is 33.1 Å². The maximum atomic E-state index is 12.4. The van der Waals surface area contributed by atoms with Crippen molar-refractivity contribution in [3.63, 3.8) is 0 Å². The summed E-state index contributed by atoms with van der Waals surface area (Å²) >= 11 is 0. The Morgan fingerprint density at radius 3 is 2.92 bits per heavy atom. The number of rotatable bonds is 3. The number of esters is 2. The molecule has 2 aliphatic heterocycles. The van der Waals surface area contributed by atoms with Crippen LogP contribution in [0, 0.1) is 11.8 Å². The fraction of sp³-hybridized carbons (Fsp3) is 0.700. The molecule has 0 radical (unpaired) electrons. The van der Waals surface area contributed by atoms with Crippen molar-refractivity contribution in [3.8, 4) is 0 Å². The number of hydrogen-bond acceptors (Lipinski definition) is 5. The first-order valence-electron chi connectivity index (χ1n) is 9.20. The first-order valence-corrected chi connectivity index (χ1v) is 9.20. The fourth-order valence-electron chi connectivity index (χ4n) is 3.84. The number of hydrogen-bond donors (Lipinski definition) is 0. The van der Waals surface area contributed by atoms with E-state index >= 15 is 0 Å². The van der Waals surface area contributed by atoms with Gasteiger partial charge in [0.2, 0.25) is 0 Å². The third-order valence-corrected chi connectivity index (χ3v) is 5.84. The zero-order valence-corrected chi connectivity index (χ0v) is 15.5. The molecule has 2 heterocycles. The molecular weight excluding hydrogens is 320 g/mol. The highest BCUT2D eigenvalue weighted by Gasteiger charge is 2.63. The van der Waals surface area contributed by atoms with Gasteiger partial charge in [0.1, 0.15) is 18.3 Å². The Bertz CT molecular complexity index is 622. The van der Waals surface area contributed by atoms with Crippen LogP contribution in [0.1, 0.15) is 53.4 Å². The summed E-state index contributed by atoms with van der Waals surface area (Å²) in [6.07, 6.45) is 4.24. The molecule has 5 heteroatoms. The van der Waals surface area contributed by atoms with E-state index < -0.39 is 18.2 Å². The highest BCUT2D eigenvalue weighted by Crippen LogP contribution is 2.50. The normalized spacial score (nSPS) is 38.8. The monoisotopic (exact) mass is 348 g/mol. The van der Waals surface area contributed by atoms with Crippen molar-refractivity contribution in [3.05, 3.63) is 23.8 Å². The van der Waals surface area contributed by atoms with Gasteiger partial charge in [-0.3, -0.25) is 4.79 Å². The summed E-state index contributed by atoms with van der Waals surface area (Å²) in [5.41, 5.74) is 1.25. The molecule has 0 spiro atoms. The molecule has 0 N–H and O–H groups in total. The number of allylic oxidation sites excluding steroid dienone is 1. The summed E-state index contributed by atoms with van der Waals surface area (Å²) < 4.78 is 17.4. The summed E-state index contributed by atoms with van der Waals surface area (Å²) in [4.78, 5) is 24.6. The molecule has 0 amide bonds. The van der Waals surface area contributed by atoms with Gasteiger partial charge in [0.15, 0.2) is 0 Å². The third-order valence-electron chi connectivity index (χ3n) is 5.84. The second kappa shape index (κ2) is 6.60. The zero-order valence-electron chi connectivity index (χ0n) is 15.5. The van der Waals surface area contributed by atoms with Crippen LogP contribution in [0.3, 0.4) is 0 Å². The van der Waals surface area contributed by atoms with Crippen LogP contribution in [-0.2, 0) is 23.8 Å². The van der Waals surface area contributed by atoms with Crippen LogP contribution >= 0.6 is 0 Å². The topological polar surface area (TPSA) is 65.1 Å². The minimum atomic E-state index is -0.451. The van der Waals surface area contributed by atoms with E-state index in [2.05, 4.69) is 19.6 Å². The molecule has 1 aliphatic carbocycles. The smallest absolute Gasteiger partial charge is 0.334 e. The molecule has 2 saturated heterocycles. The second-order valence-electron chi connectivity index (χ2n) is 7.85. The van der Waals surface area contributed by atoms with Gasteiger partial charge in [-0.15, -0.1) is 0 Å². The molecule has 0 aromatic rings. The maximum Gasteiger partial charge on any atom is 0.334 e. The van der Waals surface area contributed by atoms with Gasteiger partial charge in [-0.1, -0.05) is 32.1 Å². The zero-order chi connectivity index (χ0) is 18.4. The van der Waals surface area contributed by atoms with Crippen molar-refractivity contribution in [1.82, 2.24) is 0 Å². The third kappa shape index (κ3) is 3.39. The van der Waals surface area contributed by atoms with Crippen LogP contribution in [0.4, 0.5) is 0 Å². The van der Waals surface area contributed by atoms with Crippen molar-refractivity contribution >= 4 is 11.9 Å². The van der Waals surface area contributed by atoms with Gasteiger partial charge in [0.25, 0.3) is 0 Å². The summed E-state index contributed by atoms with van der Waals surface area (Å²) in [5.74, 6) is -1.17. The minimum Gasteiger partial charge on any atom is -0.461 e. The SMILES string of the molecule is C=C1C(=O)OC2C1C(OC(=O)C(C)CC)CC(C)=CCCC1(C)OC21. The molecule has 138 valence electrons. The fourth-order valence-corrected chi connectivity index (χ4v) is 3.84. The van der Waals surface area contributed by atoms with E-state index in [9.17, 15) is 9.59 Å². The van der Waals surface area contributed by atoms with Crippen molar-refractivity contribution in [2.45, 2.75) is 77.3 Å². The van der Waals surface area contributed by atoms with E-state index in [1.807, 2.05) is 20.8 Å². The largest absolute Gasteiger partial charge is 0.461 e. The summed E-state index contributed by atoms with van der Waals surface area (Å²) in [6, 6.07) is 0. The standard InChI is InChI=1S/C20H28O5/c1-6-12(3)18(21)23-14-10-11(2)8-7-9-20(5)17(25-20)16-15(14)13(4)19(22)24-16/h8,12,14-17H,4,6-7,9-10H2,1-3,5H3. The molecule has 0 saturated carbocycles. The highest BCUT2D eigenvalue weighted by atomic mass is 16.6. The first-order chi connectivity index (χ1) is 11.8. The van der Waals surface area contributed by atoms with E-state index in [1.165, 1.54) is 0 Å².